The molecule has 0 spiro atoms. The third kappa shape index (κ3) is 3.39. The van der Waals surface area contributed by atoms with Crippen LogP contribution in [0.25, 0.3) is 0 Å². The minimum Gasteiger partial charge on any atom is -0.447 e. The molecule has 2 rings (SSSR count). The van der Waals surface area contributed by atoms with Crippen molar-refractivity contribution in [1.29, 1.82) is 0 Å². The lowest BCUT2D eigenvalue weighted by atomic mass is 10.3. The van der Waals surface area contributed by atoms with E-state index in [1.807, 2.05) is 18.2 Å². The number of para-hydroxylation sites is 1. The highest BCUT2D eigenvalue weighted by Crippen LogP contribution is 2.27. The van der Waals surface area contributed by atoms with E-state index in [-0.39, 0.29) is 0 Å². The van der Waals surface area contributed by atoms with Crippen LogP contribution in [0.4, 0.5) is 5.69 Å². The first-order chi connectivity index (χ1) is 8.40. The Balaban J connectivity index is 2.01. The highest BCUT2D eigenvalue weighted by Gasteiger charge is 2.02. The van der Waals surface area contributed by atoms with Crippen LogP contribution in [0.2, 0.25) is 0 Å². The molecule has 1 aromatic carbocycles. The lowest BCUT2D eigenvalue weighted by Gasteiger charge is -2.09. The van der Waals surface area contributed by atoms with Crippen LogP contribution in [0.3, 0.4) is 0 Å². The molecule has 0 radical (unpaired) electrons. The SMILES string of the molecule is C=CCSc1ccccc1NCc1cnco1. The lowest BCUT2D eigenvalue weighted by molar-refractivity contribution is 0.511. The summed E-state index contributed by atoms with van der Waals surface area (Å²) in [5.74, 6) is 1.73. The minimum absolute atomic E-state index is 0.645. The van der Waals surface area contributed by atoms with Crippen LogP contribution >= 0.6 is 11.8 Å². The van der Waals surface area contributed by atoms with Crippen molar-refractivity contribution in [3.8, 4) is 0 Å². The van der Waals surface area contributed by atoms with Crippen molar-refractivity contribution in [2.24, 2.45) is 0 Å². The van der Waals surface area contributed by atoms with Gasteiger partial charge in [0.25, 0.3) is 0 Å². The van der Waals surface area contributed by atoms with Gasteiger partial charge in [0.1, 0.15) is 5.76 Å². The maximum atomic E-state index is 5.18. The van der Waals surface area contributed by atoms with Gasteiger partial charge in [-0.05, 0) is 12.1 Å². The molecule has 1 heterocycles. The van der Waals surface area contributed by atoms with E-state index < -0.39 is 0 Å². The summed E-state index contributed by atoms with van der Waals surface area (Å²) in [6.07, 6.45) is 5.06. The van der Waals surface area contributed by atoms with Crippen LogP contribution in [0.5, 0.6) is 0 Å². The van der Waals surface area contributed by atoms with Gasteiger partial charge in [-0.1, -0.05) is 18.2 Å². The van der Waals surface area contributed by atoms with Crippen LogP contribution < -0.4 is 5.32 Å². The summed E-state index contributed by atoms with van der Waals surface area (Å²) in [5, 5.41) is 3.34. The number of nitrogens with one attached hydrogen (secondary N) is 1. The number of benzene rings is 1. The van der Waals surface area contributed by atoms with E-state index in [0.29, 0.717) is 6.54 Å². The number of hydrogen-bond acceptors (Lipinski definition) is 4. The summed E-state index contributed by atoms with van der Waals surface area (Å²) in [5.41, 5.74) is 1.11. The second kappa shape index (κ2) is 6.15. The Bertz CT molecular complexity index is 468. The van der Waals surface area contributed by atoms with Crippen molar-refractivity contribution in [3.63, 3.8) is 0 Å². The minimum atomic E-state index is 0.645. The van der Waals surface area contributed by atoms with Crippen molar-refractivity contribution in [3.05, 3.63) is 55.3 Å². The maximum absolute atomic E-state index is 5.18. The van der Waals surface area contributed by atoms with Gasteiger partial charge in [-0.2, -0.15) is 0 Å². The average molecular weight is 246 g/mol. The largest absolute Gasteiger partial charge is 0.447 e. The summed E-state index contributed by atoms with van der Waals surface area (Å²) in [7, 11) is 0. The summed E-state index contributed by atoms with van der Waals surface area (Å²) in [6, 6.07) is 8.20. The topological polar surface area (TPSA) is 38.1 Å². The van der Waals surface area contributed by atoms with Gasteiger partial charge in [0.15, 0.2) is 6.39 Å². The molecule has 0 amide bonds. The molecule has 0 aliphatic rings. The van der Waals surface area contributed by atoms with Crippen LogP contribution in [0.15, 0.2) is 58.8 Å². The zero-order valence-electron chi connectivity index (χ0n) is 9.43. The molecule has 0 atom stereocenters. The van der Waals surface area contributed by atoms with Crippen molar-refractivity contribution in [1.82, 2.24) is 4.98 Å². The number of hydrogen-bond donors (Lipinski definition) is 1. The summed E-state index contributed by atoms with van der Waals surface area (Å²) < 4.78 is 5.18. The molecule has 0 aliphatic carbocycles. The van der Waals surface area contributed by atoms with E-state index in [9.17, 15) is 0 Å². The van der Waals surface area contributed by atoms with Crippen LogP contribution in [-0.4, -0.2) is 10.7 Å². The van der Waals surface area contributed by atoms with E-state index in [1.165, 1.54) is 11.3 Å². The number of aromatic nitrogens is 1. The number of rotatable bonds is 6. The molecule has 0 unspecified atom stereocenters. The third-order valence-corrected chi connectivity index (χ3v) is 3.25. The molecular weight excluding hydrogens is 232 g/mol. The molecule has 0 saturated carbocycles. The Morgan fingerprint density at radius 2 is 2.29 bits per heavy atom. The van der Waals surface area contributed by atoms with Gasteiger partial charge in [-0.15, -0.1) is 18.3 Å². The fraction of sp³-hybridized carbons (Fsp3) is 0.154. The smallest absolute Gasteiger partial charge is 0.180 e. The van der Waals surface area contributed by atoms with Crippen LogP contribution in [-0.2, 0) is 6.54 Å². The Kier molecular flexibility index (Phi) is 4.27. The summed E-state index contributed by atoms with van der Waals surface area (Å²) in [6.45, 7) is 4.37. The fourth-order valence-electron chi connectivity index (χ4n) is 1.40. The van der Waals surface area contributed by atoms with E-state index in [1.54, 1.807) is 18.0 Å². The second-order valence-corrected chi connectivity index (χ2v) is 4.48. The highest BCUT2D eigenvalue weighted by molar-refractivity contribution is 7.99. The highest BCUT2D eigenvalue weighted by atomic mass is 32.2. The fourth-order valence-corrected chi connectivity index (χ4v) is 2.17. The normalized spacial score (nSPS) is 10.1. The van der Waals surface area contributed by atoms with Gasteiger partial charge in [0.2, 0.25) is 0 Å². The van der Waals surface area contributed by atoms with Crippen molar-refractivity contribution in [2.45, 2.75) is 11.4 Å². The quantitative estimate of drug-likeness (QED) is 0.624. The Labute approximate surface area is 105 Å². The Morgan fingerprint density at radius 3 is 3.06 bits per heavy atom. The van der Waals surface area contributed by atoms with Crippen LogP contribution in [0.1, 0.15) is 5.76 Å². The van der Waals surface area contributed by atoms with Gasteiger partial charge in [-0.3, -0.25) is 0 Å². The number of oxazole rings is 1. The zero-order chi connectivity index (χ0) is 11.9. The van der Waals surface area contributed by atoms with Gasteiger partial charge in [-0.25, -0.2) is 4.98 Å². The maximum Gasteiger partial charge on any atom is 0.180 e. The van der Waals surface area contributed by atoms with E-state index in [4.69, 9.17) is 4.42 Å². The first-order valence-electron chi connectivity index (χ1n) is 5.34. The third-order valence-electron chi connectivity index (χ3n) is 2.18. The second-order valence-electron chi connectivity index (χ2n) is 3.42. The first kappa shape index (κ1) is 11.8. The van der Waals surface area contributed by atoms with Crippen molar-refractivity contribution >= 4 is 17.4 Å². The molecule has 1 N–H and O–H groups in total. The predicted molar refractivity (Wildman–Crippen MR) is 71.2 cm³/mol. The molecule has 0 aliphatic heterocycles. The zero-order valence-corrected chi connectivity index (χ0v) is 10.2. The monoisotopic (exact) mass is 246 g/mol. The molecule has 88 valence electrons. The molecule has 4 heteroatoms. The van der Waals surface area contributed by atoms with E-state index in [2.05, 4.69) is 29.0 Å². The lowest BCUT2D eigenvalue weighted by Crippen LogP contribution is -1.99. The summed E-state index contributed by atoms with van der Waals surface area (Å²) in [4.78, 5) is 5.10. The standard InChI is InChI=1S/C13H14N2OS/c1-2-7-17-13-6-4-3-5-12(13)15-9-11-8-14-10-16-11/h2-6,8,10,15H,1,7,9H2. The average Bonchev–Trinajstić information content (AvgIpc) is 2.88. The first-order valence-corrected chi connectivity index (χ1v) is 6.32. The molecular formula is C13H14N2OS. The molecule has 1 aromatic heterocycles. The number of thioether (sulfide) groups is 1. The van der Waals surface area contributed by atoms with Crippen molar-refractivity contribution in [2.75, 3.05) is 11.1 Å². The molecule has 0 saturated heterocycles. The predicted octanol–water partition coefficient (Wildman–Crippen LogP) is 3.56. The number of nitrogens with zero attached hydrogens (tertiary/aromatic N) is 1. The van der Waals surface area contributed by atoms with Gasteiger partial charge >= 0.3 is 0 Å². The van der Waals surface area contributed by atoms with Gasteiger partial charge in [0.05, 0.1) is 12.7 Å². The summed E-state index contributed by atoms with van der Waals surface area (Å²) >= 11 is 1.76. The Hall–Kier alpha value is -1.68. The number of anilines is 1. The molecule has 0 bridgehead atoms. The molecule has 17 heavy (non-hydrogen) atoms. The van der Waals surface area contributed by atoms with Crippen LogP contribution in [0, 0.1) is 0 Å². The van der Waals surface area contributed by atoms with Gasteiger partial charge < -0.3 is 9.73 Å². The van der Waals surface area contributed by atoms with E-state index in [0.717, 1.165) is 17.2 Å². The molecule has 2 aromatic rings. The molecule has 3 nitrogen and oxygen atoms in total. The van der Waals surface area contributed by atoms with Crippen molar-refractivity contribution < 1.29 is 4.42 Å². The van der Waals surface area contributed by atoms with E-state index >= 15 is 0 Å². The Morgan fingerprint density at radius 1 is 1.41 bits per heavy atom. The van der Waals surface area contributed by atoms with Gasteiger partial charge in [0, 0.05) is 16.3 Å². The molecule has 0 fully saturated rings.